The highest BCUT2D eigenvalue weighted by molar-refractivity contribution is 7.89. The maximum absolute atomic E-state index is 13.9. The molecule has 0 spiro atoms. The van der Waals surface area contributed by atoms with Crippen LogP contribution in [0.25, 0.3) is 0 Å². The normalized spacial score (nSPS) is 24.8. The standard InChI is InChI=1S/C12H15ClFNO4S/c1-8-7-19-9(6-16)5-15(8)20(17,18)11-4-2-3-10(13)12(11)14/h2-4,8-9,16H,5-7H2,1H3. The lowest BCUT2D eigenvalue weighted by Crippen LogP contribution is -2.52. The lowest BCUT2D eigenvalue weighted by atomic mass is 10.2. The van der Waals surface area contributed by atoms with Crippen molar-refractivity contribution in [2.75, 3.05) is 19.8 Å². The number of nitrogens with zero attached hydrogens (tertiary/aromatic N) is 1. The van der Waals surface area contributed by atoms with Crippen LogP contribution >= 0.6 is 11.6 Å². The zero-order chi connectivity index (χ0) is 14.9. The van der Waals surface area contributed by atoms with Crippen molar-refractivity contribution < 1.29 is 22.7 Å². The minimum Gasteiger partial charge on any atom is -0.394 e. The molecule has 5 nitrogen and oxygen atoms in total. The second kappa shape index (κ2) is 5.95. The van der Waals surface area contributed by atoms with Gasteiger partial charge in [0.2, 0.25) is 10.0 Å². The Morgan fingerprint density at radius 2 is 2.25 bits per heavy atom. The van der Waals surface area contributed by atoms with Crippen LogP contribution in [0, 0.1) is 5.82 Å². The van der Waals surface area contributed by atoms with Crippen LogP contribution in [-0.2, 0) is 14.8 Å². The zero-order valence-corrected chi connectivity index (χ0v) is 12.4. The largest absolute Gasteiger partial charge is 0.394 e. The van der Waals surface area contributed by atoms with E-state index in [1.165, 1.54) is 18.2 Å². The molecule has 2 unspecified atom stereocenters. The number of hydrogen-bond donors (Lipinski definition) is 1. The van der Waals surface area contributed by atoms with Crippen LogP contribution < -0.4 is 0 Å². The summed E-state index contributed by atoms with van der Waals surface area (Å²) in [5.74, 6) is -0.964. The Morgan fingerprint density at radius 1 is 1.55 bits per heavy atom. The molecule has 112 valence electrons. The first kappa shape index (κ1) is 15.7. The molecule has 1 aromatic rings. The van der Waals surface area contributed by atoms with Gasteiger partial charge in [0.15, 0.2) is 5.82 Å². The Morgan fingerprint density at radius 3 is 2.90 bits per heavy atom. The molecule has 1 aromatic carbocycles. The van der Waals surface area contributed by atoms with Crippen LogP contribution in [0.4, 0.5) is 4.39 Å². The maximum Gasteiger partial charge on any atom is 0.246 e. The molecule has 0 radical (unpaired) electrons. The third kappa shape index (κ3) is 2.82. The predicted molar refractivity (Wildman–Crippen MR) is 71.6 cm³/mol. The Hall–Kier alpha value is -0.730. The number of aliphatic hydroxyl groups is 1. The minimum absolute atomic E-state index is 0.0219. The number of aliphatic hydroxyl groups excluding tert-OH is 1. The van der Waals surface area contributed by atoms with Crippen molar-refractivity contribution in [2.45, 2.75) is 24.0 Å². The average Bonchev–Trinajstić information content (AvgIpc) is 2.42. The fourth-order valence-corrected chi connectivity index (χ4v) is 4.01. The quantitative estimate of drug-likeness (QED) is 0.909. The number of hydrogen-bond acceptors (Lipinski definition) is 4. The molecular weight excluding hydrogens is 309 g/mol. The van der Waals surface area contributed by atoms with E-state index >= 15 is 0 Å². The van der Waals surface area contributed by atoms with Crippen LogP contribution in [0.15, 0.2) is 23.1 Å². The van der Waals surface area contributed by atoms with Gasteiger partial charge in [-0.2, -0.15) is 4.31 Å². The summed E-state index contributed by atoms with van der Waals surface area (Å²) in [6.07, 6.45) is -0.608. The number of benzene rings is 1. The van der Waals surface area contributed by atoms with Crippen LogP contribution in [0.5, 0.6) is 0 Å². The van der Waals surface area contributed by atoms with Gasteiger partial charge in [-0.15, -0.1) is 0 Å². The average molecular weight is 324 g/mol. The summed E-state index contributed by atoms with van der Waals surface area (Å²) in [5, 5.41) is 8.84. The van der Waals surface area contributed by atoms with Crippen LogP contribution in [-0.4, -0.2) is 49.7 Å². The van der Waals surface area contributed by atoms with E-state index in [1.807, 2.05) is 0 Å². The molecule has 2 atom stereocenters. The van der Waals surface area contributed by atoms with Gasteiger partial charge in [0, 0.05) is 12.6 Å². The molecule has 1 saturated heterocycles. The molecule has 0 saturated carbocycles. The molecule has 1 aliphatic rings. The van der Waals surface area contributed by atoms with E-state index in [9.17, 15) is 12.8 Å². The molecule has 1 aliphatic heterocycles. The lowest BCUT2D eigenvalue weighted by Gasteiger charge is -2.36. The molecule has 0 aromatic heterocycles. The summed E-state index contributed by atoms with van der Waals surface area (Å²) in [4.78, 5) is -0.463. The first-order valence-corrected chi connectivity index (χ1v) is 7.88. The van der Waals surface area contributed by atoms with Crippen LogP contribution in [0.1, 0.15) is 6.92 Å². The highest BCUT2D eigenvalue weighted by atomic mass is 35.5. The van der Waals surface area contributed by atoms with Gasteiger partial charge >= 0.3 is 0 Å². The second-order valence-electron chi connectivity index (χ2n) is 4.61. The van der Waals surface area contributed by atoms with Crippen molar-refractivity contribution in [1.82, 2.24) is 4.31 Å². The fourth-order valence-electron chi connectivity index (χ4n) is 2.05. The van der Waals surface area contributed by atoms with Gasteiger partial charge in [-0.25, -0.2) is 12.8 Å². The minimum atomic E-state index is -4.02. The molecular formula is C12H15ClFNO4S. The molecule has 1 fully saturated rings. The molecule has 0 amide bonds. The van der Waals surface area contributed by atoms with Crippen molar-refractivity contribution in [3.63, 3.8) is 0 Å². The Kier molecular flexibility index (Phi) is 4.66. The zero-order valence-electron chi connectivity index (χ0n) is 10.8. The van der Waals surface area contributed by atoms with E-state index in [-0.39, 0.29) is 24.8 Å². The Bertz CT molecular complexity index is 595. The highest BCUT2D eigenvalue weighted by Gasteiger charge is 2.37. The molecule has 20 heavy (non-hydrogen) atoms. The summed E-state index contributed by atoms with van der Waals surface area (Å²) >= 11 is 5.63. The van der Waals surface area contributed by atoms with Gasteiger partial charge in [0.25, 0.3) is 0 Å². The predicted octanol–water partition coefficient (Wildman–Crippen LogP) is 1.25. The number of rotatable bonds is 3. The third-order valence-electron chi connectivity index (χ3n) is 3.15. The van der Waals surface area contributed by atoms with Gasteiger partial charge in [-0.05, 0) is 19.1 Å². The molecule has 2 rings (SSSR count). The smallest absolute Gasteiger partial charge is 0.246 e. The van der Waals surface area contributed by atoms with Crippen LogP contribution in [0.3, 0.4) is 0 Å². The number of morpholine rings is 1. The SMILES string of the molecule is CC1COC(CO)CN1S(=O)(=O)c1cccc(Cl)c1F. The van der Waals surface area contributed by atoms with Gasteiger partial charge in [-0.1, -0.05) is 17.7 Å². The third-order valence-corrected chi connectivity index (χ3v) is 5.44. The fraction of sp³-hybridized carbons (Fsp3) is 0.500. The monoisotopic (exact) mass is 323 g/mol. The summed E-state index contributed by atoms with van der Waals surface area (Å²) in [7, 11) is -4.02. The molecule has 8 heteroatoms. The van der Waals surface area contributed by atoms with Gasteiger partial charge in [0.05, 0.1) is 24.3 Å². The molecule has 1 N–H and O–H groups in total. The van der Waals surface area contributed by atoms with Gasteiger partial charge in [0.1, 0.15) is 4.90 Å². The van der Waals surface area contributed by atoms with E-state index in [2.05, 4.69) is 0 Å². The second-order valence-corrected chi connectivity index (χ2v) is 6.88. The molecule has 0 aliphatic carbocycles. The van der Waals surface area contributed by atoms with Gasteiger partial charge in [-0.3, -0.25) is 0 Å². The van der Waals surface area contributed by atoms with Crippen molar-refractivity contribution in [3.05, 3.63) is 29.0 Å². The Labute approximate surface area is 122 Å². The van der Waals surface area contributed by atoms with Crippen molar-refractivity contribution >= 4 is 21.6 Å². The summed E-state index contributed by atoms with van der Waals surface area (Å²) < 4.78 is 45.4. The van der Waals surface area contributed by atoms with Crippen LogP contribution in [0.2, 0.25) is 5.02 Å². The summed E-state index contributed by atoms with van der Waals surface area (Å²) in [6, 6.07) is 3.40. The lowest BCUT2D eigenvalue weighted by molar-refractivity contribution is -0.0516. The van der Waals surface area contributed by atoms with Crippen molar-refractivity contribution in [2.24, 2.45) is 0 Å². The molecule has 0 bridgehead atoms. The number of ether oxygens (including phenoxy) is 1. The Balaban J connectivity index is 2.40. The summed E-state index contributed by atoms with van der Waals surface area (Å²) in [5.41, 5.74) is 0. The first-order valence-electron chi connectivity index (χ1n) is 6.06. The van der Waals surface area contributed by atoms with Gasteiger partial charge < -0.3 is 9.84 Å². The van der Waals surface area contributed by atoms with Crippen molar-refractivity contribution in [3.8, 4) is 0 Å². The number of halogens is 2. The van der Waals surface area contributed by atoms with E-state index in [1.54, 1.807) is 6.92 Å². The molecule has 1 heterocycles. The van der Waals surface area contributed by atoms with E-state index in [0.29, 0.717) is 0 Å². The van der Waals surface area contributed by atoms with Crippen molar-refractivity contribution in [1.29, 1.82) is 0 Å². The number of sulfonamides is 1. The first-order chi connectivity index (χ1) is 9.37. The summed E-state index contributed by atoms with van der Waals surface area (Å²) in [6.45, 7) is 1.49. The topological polar surface area (TPSA) is 66.8 Å². The van der Waals surface area contributed by atoms with E-state index in [0.717, 1.165) is 4.31 Å². The highest BCUT2D eigenvalue weighted by Crippen LogP contribution is 2.27. The van der Waals surface area contributed by atoms with E-state index in [4.69, 9.17) is 21.4 Å². The maximum atomic E-state index is 13.9. The van der Waals surface area contributed by atoms with E-state index < -0.39 is 32.9 Å².